The smallest absolute Gasteiger partial charge is 0.330 e. The van der Waals surface area contributed by atoms with Gasteiger partial charge in [-0.15, -0.1) is 0 Å². The summed E-state index contributed by atoms with van der Waals surface area (Å²) in [5.74, 6) is 0.384. The van der Waals surface area contributed by atoms with Gasteiger partial charge in [-0.3, -0.25) is 14.3 Å². The summed E-state index contributed by atoms with van der Waals surface area (Å²) >= 11 is 4.06. The van der Waals surface area contributed by atoms with E-state index < -0.39 is 23.6 Å². The normalized spacial score (nSPS) is 28.5. The van der Waals surface area contributed by atoms with Gasteiger partial charge in [0.1, 0.15) is 6.23 Å². The van der Waals surface area contributed by atoms with Crippen molar-refractivity contribution in [1.82, 2.24) is 9.55 Å². The number of ether oxygens (including phenoxy) is 1. The molecule has 0 radical (unpaired) electrons. The predicted molar refractivity (Wildman–Crippen MR) is 64.4 cm³/mol. The Morgan fingerprint density at radius 1 is 1.65 bits per heavy atom. The molecule has 0 unspecified atom stereocenters. The maximum atomic E-state index is 11.6. The van der Waals surface area contributed by atoms with Crippen LogP contribution in [0, 0.1) is 6.92 Å². The SMILES string of the molecule is Cc1cn([C@@H]2C[C@H](O)[C@H](CS)O2)c(=O)[nH]c1=O. The number of H-pyrrole nitrogens is 1. The van der Waals surface area contributed by atoms with Crippen molar-refractivity contribution in [1.29, 1.82) is 0 Å². The van der Waals surface area contributed by atoms with Gasteiger partial charge in [-0.05, 0) is 6.92 Å². The highest BCUT2D eigenvalue weighted by Gasteiger charge is 2.34. The molecule has 1 fully saturated rings. The van der Waals surface area contributed by atoms with Crippen molar-refractivity contribution in [3.63, 3.8) is 0 Å². The molecule has 2 N–H and O–H groups in total. The topological polar surface area (TPSA) is 84.3 Å². The highest BCUT2D eigenvalue weighted by atomic mass is 32.1. The van der Waals surface area contributed by atoms with Gasteiger partial charge in [-0.2, -0.15) is 12.6 Å². The molecule has 1 aromatic rings. The van der Waals surface area contributed by atoms with Crippen LogP contribution in [0.1, 0.15) is 18.2 Å². The standard InChI is InChI=1S/C10H14N2O4S/c1-5-3-12(10(15)11-9(5)14)8-2-6(13)7(4-17)16-8/h3,6-8,13,17H,2,4H2,1H3,(H,11,14,15)/t6-,7-,8-/m0/s1. The molecule has 2 heterocycles. The molecule has 7 heteroatoms. The van der Waals surface area contributed by atoms with E-state index in [-0.39, 0.29) is 6.10 Å². The second-order valence-electron chi connectivity index (χ2n) is 4.09. The number of nitrogens with zero attached hydrogens (tertiary/aromatic N) is 1. The molecule has 6 nitrogen and oxygen atoms in total. The molecular weight excluding hydrogens is 244 g/mol. The minimum atomic E-state index is -0.642. The number of hydrogen-bond acceptors (Lipinski definition) is 5. The third-order valence-corrected chi connectivity index (χ3v) is 3.20. The van der Waals surface area contributed by atoms with Crippen LogP contribution in [0.3, 0.4) is 0 Å². The van der Waals surface area contributed by atoms with Gasteiger partial charge in [0.25, 0.3) is 5.56 Å². The Morgan fingerprint density at radius 2 is 2.35 bits per heavy atom. The molecular formula is C10H14N2O4S. The molecule has 2 rings (SSSR count). The number of aromatic nitrogens is 2. The van der Waals surface area contributed by atoms with Gasteiger partial charge in [0.2, 0.25) is 0 Å². The quantitative estimate of drug-likeness (QED) is 0.620. The number of hydrogen-bond donors (Lipinski definition) is 3. The molecule has 1 saturated heterocycles. The molecule has 1 aliphatic heterocycles. The van der Waals surface area contributed by atoms with Crippen molar-refractivity contribution in [2.45, 2.75) is 31.8 Å². The lowest BCUT2D eigenvalue weighted by atomic mass is 10.2. The molecule has 3 atom stereocenters. The molecule has 1 aromatic heterocycles. The van der Waals surface area contributed by atoms with Crippen molar-refractivity contribution in [2.24, 2.45) is 0 Å². The van der Waals surface area contributed by atoms with Crippen molar-refractivity contribution < 1.29 is 9.84 Å². The zero-order chi connectivity index (χ0) is 12.6. The minimum absolute atomic E-state index is 0.316. The Hall–Kier alpha value is -1.05. The highest BCUT2D eigenvalue weighted by Crippen LogP contribution is 2.27. The van der Waals surface area contributed by atoms with Gasteiger partial charge in [0.05, 0.1) is 12.2 Å². The third-order valence-electron chi connectivity index (χ3n) is 2.84. The molecule has 0 spiro atoms. The Balaban J connectivity index is 2.34. The molecule has 0 saturated carbocycles. The summed E-state index contributed by atoms with van der Waals surface area (Å²) in [6.07, 6.45) is 0.181. The maximum absolute atomic E-state index is 11.6. The molecule has 0 aliphatic carbocycles. The van der Waals surface area contributed by atoms with Crippen molar-refractivity contribution in [3.05, 3.63) is 32.6 Å². The number of aliphatic hydroxyl groups is 1. The van der Waals surface area contributed by atoms with Crippen molar-refractivity contribution >= 4 is 12.6 Å². The first kappa shape index (κ1) is 12.4. The Labute approximate surface area is 103 Å². The second-order valence-corrected chi connectivity index (χ2v) is 4.46. The number of rotatable bonds is 2. The first-order chi connectivity index (χ1) is 8.02. The van der Waals surface area contributed by atoms with Gasteiger partial charge in [-0.25, -0.2) is 4.79 Å². The Bertz CT molecular complexity index is 524. The molecule has 0 bridgehead atoms. The fraction of sp³-hybridized carbons (Fsp3) is 0.600. The van der Waals surface area contributed by atoms with Crippen LogP contribution in [0.15, 0.2) is 15.8 Å². The van der Waals surface area contributed by atoms with E-state index in [1.165, 1.54) is 10.8 Å². The van der Waals surface area contributed by atoms with Crippen LogP contribution in [-0.4, -0.2) is 32.6 Å². The lowest BCUT2D eigenvalue weighted by Gasteiger charge is -2.14. The van der Waals surface area contributed by atoms with E-state index in [2.05, 4.69) is 17.6 Å². The summed E-state index contributed by atoms with van der Waals surface area (Å²) in [4.78, 5) is 25.0. The van der Waals surface area contributed by atoms with Crippen LogP contribution in [0.25, 0.3) is 0 Å². The molecule has 1 aliphatic rings. The summed E-state index contributed by atoms with van der Waals surface area (Å²) in [5.41, 5.74) is -0.509. The number of aromatic amines is 1. The van der Waals surface area contributed by atoms with Gasteiger partial charge in [0, 0.05) is 23.9 Å². The fourth-order valence-corrected chi connectivity index (χ4v) is 2.18. The Morgan fingerprint density at radius 3 is 2.94 bits per heavy atom. The first-order valence-corrected chi connectivity index (χ1v) is 5.92. The van der Waals surface area contributed by atoms with E-state index in [1.54, 1.807) is 6.92 Å². The largest absolute Gasteiger partial charge is 0.390 e. The van der Waals surface area contributed by atoms with Crippen LogP contribution < -0.4 is 11.2 Å². The van der Waals surface area contributed by atoms with Crippen LogP contribution in [0.2, 0.25) is 0 Å². The summed E-state index contributed by atoms with van der Waals surface area (Å²) in [7, 11) is 0. The molecule has 0 aromatic carbocycles. The van der Waals surface area contributed by atoms with E-state index in [0.29, 0.717) is 17.7 Å². The van der Waals surface area contributed by atoms with Crippen LogP contribution in [0.5, 0.6) is 0 Å². The third kappa shape index (κ3) is 2.31. The van der Waals surface area contributed by atoms with Crippen LogP contribution in [0.4, 0.5) is 0 Å². The second kappa shape index (κ2) is 4.67. The van der Waals surface area contributed by atoms with Crippen LogP contribution in [-0.2, 0) is 4.74 Å². The monoisotopic (exact) mass is 258 g/mol. The van der Waals surface area contributed by atoms with Gasteiger partial charge in [0.15, 0.2) is 0 Å². The van der Waals surface area contributed by atoms with E-state index in [1.807, 2.05) is 0 Å². The first-order valence-electron chi connectivity index (χ1n) is 5.29. The maximum Gasteiger partial charge on any atom is 0.330 e. The number of thiol groups is 1. The summed E-state index contributed by atoms with van der Waals surface area (Å²) < 4.78 is 6.79. The average Bonchev–Trinajstić information content (AvgIpc) is 2.65. The number of aryl methyl sites for hydroxylation is 1. The Kier molecular flexibility index (Phi) is 3.41. The fourth-order valence-electron chi connectivity index (χ4n) is 1.85. The number of aliphatic hydroxyl groups excluding tert-OH is 1. The predicted octanol–water partition coefficient (Wildman–Crippen LogP) is -0.577. The van der Waals surface area contributed by atoms with E-state index in [9.17, 15) is 14.7 Å². The van der Waals surface area contributed by atoms with Gasteiger partial charge in [-0.1, -0.05) is 0 Å². The van der Waals surface area contributed by atoms with Crippen LogP contribution >= 0.6 is 12.6 Å². The summed E-state index contributed by atoms with van der Waals surface area (Å²) in [5, 5.41) is 9.67. The van der Waals surface area contributed by atoms with E-state index >= 15 is 0 Å². The zero-order valence-electron chi connectivity index (χ0n) is 9.29. The van der Waals surface area contributed by atoms with Crippen molar-refractivity contribution in [2.75, 3.05) is 5.75 Å². The van der Waals surface area contributed by atoms with E-state index in [4.69, 9.17) is 4.74 Å². The molecule has 94 valence electrons. The zero-order valence-corrected chi connectivity index (χ0v) is 10.2. The summed E-state index contributed by atoms with van der Waals surface area (Å²) in [6.45, 7) is 1.61. The average molecular weight is 258 g/mol. The summed E-state index contributed by atoms with van der Waals surface area (Å²) in [6, 6.07) is 0. The van der Waals surface area contributed by atoms with Gasteiger partial charge < -0.3 is 9.84 Å². The van der Waals surface area contributed by atoms with Crippen molar-refractivity contribution in [3.8, 4) is 0 Å². The number of nitrogens with one attached hydrogen (secondary N) is 1. The molecule has 0 amide bonds. The van der Waals surface area contributed by atoms with E-state index in [0.717, 1.165) is 0 Å². The molecule has 17 heavy (non-hydrogen) atoms. The lowest BCUT2D eigenvalue weighted by Crippen LogP contribution is -2.33. The highest BCUT2D eigenvalue weighted by molar-refractivity contribution is 7.80. The lowest BCUT2D eigenvalue weighted by molar-refractivity contribution is -0.00746. The minimum Gasteiger partial charge on any atom is -0.390 e. The van der Waals surface area contributed by atoms with Gasteiger partial charge >= 0.3 is 5.69 Å².